The van der Waals surface area contributed by atoms with Gasteiger partial charge in [0.05, 0.1) is 25.0 Å². The molecule has 0 heterocycles. The van der Waals surface area contributed by atoms with Crippen LogP contribution in [0, 0.1) is 0 Å². The second-order valence-electron chi connectivity index (χ2n) is 3.05. The van der Waals surface area contributed by atoms with Crippen molar-refractivity contribution in [2.45, 2.75) is 6.92 Å². The second-order valence-corrected chi connectivity index (χ2v) is 3.05. The summed E-state index contributed by atoms with van der Waals surface area (Å²) in [6, 6.07) is 6.37. The molecule has 0 aromatic heterocycles. The van der Waals surface area contributed by atoms with E-state index in [2.05, 4.69) is 14.5 Å². The maximum absolute atomic E-state index is 11.1. The summed E-state index contributed by atoms with van der Waals surface area (Å²) in [6.45, 7) is 2.03. The Balaban J connectivity index is 2.68. The monoisotopic (exact) mass is 235 g/mol. The summed E-state index contributed by atoms with van der Waals surface area (Å²) in [7, 11) is 1.31. The van der Waals surface area contributed by atoms with Gasteiger partial charge in [-0.2, -0.15) is 0 Å². The van der Waals surface area contributed by atoms with E-state index < -0.39 is 11.9 Å². The maximum atomic E-state index is 11.1. The molecule has 0 aliphatic heterocycles. The van der Waals surface area contributed by atoms with Crippen molar-refractivity contribution in [2.75, 3.05) is 13.7 Å². The number of hydrogen-bond donors (Lipinski definition) is 0. The van der Waals surface area contributed by atoms with Gasteiger partial charge in [0.15, 0.2) is 0 Å². The van der Waals surface area contributed by atoms with Crippen LogP contribution < -0.4 is 0 Å². The molecule has 0 amide bonds. The smallest absolute Gasteiger partial charge is 0.349 e. The minimum absolute atomic E-state index is 0.312. The van der Waals surface area contributed by atoms with Gasteiger partial charge in [0.1, 0.15) is 6.21 Å². The number of methoxy groups -OCH3 is 1. The fourth-order valence-corrected chi connectivity index (χ4v) is 1.11. The van der Waals surface area contributed by atoms with Gasteiger partial charge >= 0.3 is 11.9 Å². The number of ether oxygens (including phenoxy) is 2. The van der Waals surface area contributed by atoms with E-state index in [0.29, 0.717) is 17.9 Å². The molecule has 1 aromatic rings. The van der Waals surface area contributed by atoms with Gasteiger partial charge in [-0.15, -0.1) is 0 Å². The van der Waals surface area contributed by atoms with Crippen molar-refractivity contribution in [3.63, 3.8) is 0 Å². The molecule has 0 bridgehead atoms. The molecule has 5 heteroatoms. The Kier molecular flexibility index (Phi) is 4.87. The van der Waals surface area contributed by atoms with Crippen molar-refractivity contribution in [3.05, 3.63) is 29.8 Å². The number of esters is 2. The highest BCUT2D eigenvalue weighted by atomic mass is 16.5. The number of carbonyl (C=O) groups excluding carboxylic acids is 2. The summed E-state index contributed by atoms with van der Waals surface area (Å²) in [5, 5.41) is 0. The fraction of sp³-hybridized carbons (Fsp3) is 0.250. The molecular weight excluding hydrogens is 222 g/mol. The highest BCUT2D eigenvalue weighted by Gasteiger charge is 2.03. The lowest BCUT2D eigenvalue weighted by atomic mass is 10.2. The van der Waals surface area contributed by atoms with Crippen molar-refractivity contribution in [1.82, 2.24) is 0 Å². The van der Waals surface area contributed by atoms with Gasteiger partial charge in [0.25, 0.3) is 0 Å². The summed E-state index contributed by atoms with van der Waals surface area (Å²) in [4.78, 5) is 26.0. The van der Waals surface area contributed by atoms with Crippen LogP contribution in [0.5, 0.6) is 0 Å². The first-order valence-corrected chi connectivity index (χ1v) is 5.06. The molecule has 0 unspecified atom stereocenters. The zero-order valence-corrected chi connectivity index (χ0v) is 9.67. The molecule has 0 aliphatic carbocycles. The van der Waals surface area contributed by atoms with Crippen molar-refractivity contribution in [3.8, 4) is 0 Å². The van der Waals surface area contributed by atoms with E-state index in [9.17, 15) is 9.59 Å². The molecule has 0 saturated heterocycles. The molecule has 0 fully saturated rings. The molecule has 0 radical (unpaired) electrons. The molecule has 0 saturated carbocycles. The average molecular weight is 235 g/mol. The lowest BCUT2D eigenvalue weighted by Crippen LogP contribution is -2.04. The molecular formula is C12H13NO4. The molecule has 1 rings (SSSR count). The lowest BCUT2D eigenvalue weighted by molar-refractivity contribution is -0.134. The summed E-state index contributed by atoms with van der Waals surface area (Å²) < 4.78 is 9.24. The first-order valence-electron chi connectivity index (χ1n) is 5.06. The minimum Gasteiger partial charge on any atom is -0.465 e. The van der Waals surface area contributed by atoms with Crippen molar-refractivity contribution >= 4 is 23.8 Å². The molecule has 17 heavy (non-hydrogen) atoms. The number of carbonyl (C=O) groups is 2. The van der Waals surface area contributed by atoms with Gasteiger partial charge < -0.3 is 9.47 Å². The number of aliphatic imine (C=N–C) groups is 1. The van der Waals surface area contributed by atoms with Crippen LogP contribution in [0.15, 0.2) is 29.3 Å². The van der Waals surface area contributed by atoms with Gasteiger partial charge in [-0.1, -0.05) is 0 Å². The number of nitrogens with zero attached hydrogens (tertiary/aromatic N) is 1. The Bertz CT molecular complexity index is 423. The quantitative estimate of drug-likeness (QED) is 0.589. The predicted molar refractivity (Wildman–Crippen MR) is 62.6 cm³/mol. The Morgan fingerprint density at radius 3 is 2.47 bits per heavy atom. The van der Waals surface area contributed by atoms with Crippen LogP contribution in [-0.2, 0) is 14.3 Å². The predicted octanol–water partition coefficient (Wildman–Crippen LogP) is 1.74. The van der Waals surface area contributed by atoms with E-state index in [-0.39, 0.29) is 0 Å². The van der Waals surface area contributed by atoms with Gasteiger partial charge in [-0.3, -0.25) is 0 Å². The van der Waals surface area contributed by atoms with Crippen LogP contribution in [0.3, 0.4) is 0 Å². The standard InChI is InChI=1S/C12H13NO4/c1-3-17-11(14)8-13-10-6-4-9(5-7-10)12(15)16-2/h4-8H,3H2,1-2H3. The molecule has 5 nitrogen and oxygen atoms in total. The normalized spacial score (nSPS) is 10.2. The van der Waals surface area contributed by atoms with Crippen LogP contribution in [0.1, 0.15) is 17.3 Å². The Morgan fingerprint density at radius 2 is 1.94 bits per heavy atom. The Hall–Kier alpha value is -2.17. The van der Waals surface area contributed by atoms with Gasteiger partial charge in [-0.25, -0.2) is 14.6 Å². The number of hydrogen-bond acceptors (Lipinski definition) is 5. The Morgan fingerprint density at radius 1 is 1.29 bits per heavy atom. The zero-order chi connectivity index (χ0) is 12.7. The second kappa shape index (κ2) is 6.42. The fourth-order valence-electron chi connectivity index (χ4n) is 1.11. The molecule has 90 valence electrons. The van der Waals surface area contributed by atoms with E-state index in [1.54, 1.807) is 31.2 Å². The maximum Gasteiger partial charge on any atom is 0.349 e. The molecule has 0 N–H and O–H groups in total. The number of benzene rings is 1. The summed E-state index contributed by atoms with van der Waals surface area (Å²) in [6.07, 6.45) is 1.09. The largest absolute Gasteiger partial charge is 0.465 e. The van der Waals surface area contributed by atoms with E-state index in [4.69, 9.17) is 0 Å². The third-order valence-corrected chi connectivity index (χ3v) is 1.89. The molecule has 1 aromatic carbocycles. The van der Waals surface area contributed by atoms with E-state index >= 15 is 0 Å². The summed E-state index contributed by atoms with van der Waals surface area (Å²) in [5.74, 6) is -0.907. The summed E-state index contributed by atoms with van der Waals surface area (Å²) >= 11 is 0. The van der Waals surface area contributed by atoms with Gasteiger partial charge in [-0.05, 0) is 31.2 Å². The van der Waals surface area contributed by atoms with Gasteiger partial charge in [0, 0.05) is 0 Å². The first kappa shape index (κ1) is 12.9. The van der Waals surface area contributed by atoms with E-state index in [1.165, 1.54) is 7.11 Å². The van der Waals surface area contributed by atoms with Crippen LogP contribution >= 0.6 is 0 Å². The van der Waals surface area contributed by atoms with Crippen LogP contribution in [-0.4, -0.2) is 31.9 Å². The number of rotatable bonds is 4. The van der Waals surface area contributed by atoms with Crippen LogP contribution in [0.25, 0.3) is 0 Å². The molecule has 0 spiro atoms. The molecule has 0 aliphatic rings. The van der Waals surface area contributed by atoms with Gasteiger partial charge in [0.2, 0.25) is 0 Å². The highest BCUT2D eigenvalue weighted by molar-refractivity contribution is 6.23. The third kappa shape index (κ3) is 4.06. The highest BCUT2D eigenvalue weighted by Crippen LogP contribution is 2.12. The van der Waals surface area contributed by atoms with E-state index in [1.807, 2.05) is 0 Å². The minimum atomic E-state index is -0.496. The molecule has 0 atom stereocenters. The van der Waals surface area contributed by atoms with Crippen molar-refractivity contribution in [1.29, 1.82) is 0 Å². The van der Waals surface area contributed by atoms with Crippen LogP contribution in [0.4, 0.5) is 5.69 Å². The average Bonchev–Trinajstić information content (AvgIpc) is 2.36. The third-order valence-electron chi connectivity index (χ3n) is 1.89. The van der Waals surface area contributed by atoms with Crippen molar-refractivity contribution < 1.29 is 19.1 Å². The lowest BCUT2D eigenvalue weighted by Gasteiger charge is -1.99. The van der Waals surface area contributed by atoms with Crippen molar-refractivity contribution in [2.24, 2.45) is 4.99 Å². The SMILES string of the molecule is CCOC(=O)C=Nc1ccc(C(=O)OC)cc1. The zero-order valence-electron chi connectivity index (χ0n) is 9.67. The topological polar surface area (TPSA) is 65.0 Å². The summed E-state index contributed by atoms with van der Waals surface area (Å²) in [5.41, 5.74) is 0.994. The first-order chi connectivity index (χ1) is 8.17. The van der Waals surface area contributed by atoms with E-state index in [0.717, 1.165) is 6.21 Å². The van der Waals surface area contributed by atoms with Crippen LogP contribution in [0.2, 0.25) is 0 Å². The Labute approximate surface area is 99.1 Å².